The summed E-state index contributed by atoms with van der Waals surface area (Å²) in [5.41, 5.74) is 1.97. The molecule has 1 saturated heterocycles. The number of sulfone groups is 1. The van der Waals surface area contributed by atoms with Gasteiger partial charge in [-0.25, -0.2) is 8.42 Å². The van der Waals surface area contributed by atoms with Crippen LogP contribution in [-0.2, 0) is 16.4 Å². The van der Waals surface area contributed by atoms with Gasteiger partial charge in [0.1, 0.15) is 5.69 Å². The Hall–Kier alpha value is -2.48. The molecule has 1 fully saturated rings. The van der Waals surface area contributed by atoms with E-state index in [4.69, 9.17) is 0 Å². The van der Waals surface area contributed by atoms with Gasteiger partial charge in [-0.05, 0) is 37.6 Å². The maximum absolute atomic E-state index is 12.8. The molecule has 1 aliphatic heterocycles. The predicted molar refractivity (Wildman–Crippen MR) is 99.6 cm³/mol. The Bertz CT molecular complexity index is 871. The zero-order valence-electron chi connectivity index (χ0n) is 14.6. The first kappa shape index (κ1) is 18.3. The molecule has 1 atom stereocenters. The third-order valence-electron chi connectivity index (χ3n) is 4.43. The Morgan fingerprint density at radius 2 is 2.12 bits per heavy atom. The number of nitrogens with one attached hydrogen (secondary N) is 1. The molecule has 26 heavy (non-hydrogen) atoms. The average molecular weight is 374 g/mol. The van der Waals surface area contributed by atoms with Crippen molar-refractivity contribution in [3.05, 3.63) is 54.1 Å². The third kappa shape index (κ3) is 4.37. The van der Waals surface area contributed by atoms with E-state index in [1.165, 1.54) is 0 Å². The normalized spacial score (nSPS) is 18.4. The molecule has 1 unspecified atom stereocenters. The van der Waals surface area contributed by atoms with Crippen molar-refractivity contribution in [3.63, 3.8) is 0 Å². The van der Waals surface area contributed by atoms with E-state index < -0.39 is 9.84 Å². The highest BCUT2D eigenvalue weighted by Gasteiger charge is 2.34. The fourth-order valence-electron chi connectivity index (χ4n) is 3.09. The van der Waals surface area contributed by atoms with Crippen LogP contribution in [0, 0.1) is 0 Å². The second-order valence-electron chi connectivity index (χ2n) is 6.25. The zero-order chi connectivity index (χ0) is 18.6. The van der Waals surface area contributed by atoms with E-state index in [9.17, 15) is 13.2 Å². The van der Waals surface area contributed by atoms with E-state index in [1.54, 1.807) is 29.4 Å². The maximum Gasteiger partial charge on any atom is 0.272 e. The minimum absolute atomic E-state index is 0.0319. The van der Waals surface area contributed by atoms with Crippen LogP contribution in [0.1, 0.15) is 29.5 Å². The van der Waals surface area contributed by atoms with Crippen LogP contribution in [0.25, 0.3) is 0 Å². The molecule has 0 bridgehead atoms. The number of nitrogens with zero attached hydrogens (tertiary/aromatic N) is 3. The number of carbonyl (C=O) groups excluding carboxylic acids is 1. The van der Waals surface area contributed by atoms with Gasteiger partial charge in [0.25, 0.3) is 5.91 Å². The molecule has 0 saturated carbocycles. The van der Waals surface area contributed by atoms with E-state index in [0.717, 1.165) is 11.4 Å². The Morgan fingerprint density at radius 3 is 2.77 bits per heavy atom. The van der Waals surface area contributed by atoms with Gasteiger partial charge in [0, 0.05) is 30.7 Å². The first-order chi connectivity index (χ1) is 12.5. The van der Waals surface area contributed by atoms with Gasteiger partial charge in [0.15, 0.2) is 9.84 Å². The number of amides is 1. The fraction of sp³-hybridized carbons (Fsp3) is 0.389. The molecule has 0 aliphatic carbocycles. The first-order valence-electron chi connectivity index (χ1n) is 8.60. The number of hydrogen-bond donors (Lipinski definition) is 1. The summed E-state index contributed by atoms with van der Waals surface area (Å²) in [6, 6.07) is 8.90. The van der Waals surface area contributed by atoms with Crippen molar-refractivity contribution in [1.82, 2.24) is 14.9 Å². The highest BCUT2D eigenvalue weighted by molar-refractivity contribution is 7.91. The van der Waals surface area contributed by atoms with Crippen molar-refractivity contribution < 1.29 is 13.2 Å². The van der Waals surface area contributed by atoms with Gasteiger partial charge in [-0.2, -0.15) is 0 Å². The Labute approximate surface area is 153 Å². The lowest BCUT2D eigenvalue weighted by molar-refractivity contribution is 0.0702. The number of pyridine rings is 2. The van der Waals surface area contributed by atoms with Crippen LogP contribution in [0.5, 0.6) is 0 Å². The Balaban J connectivity index is 1.71. The monoisotopic (exact) mass is 374 g/mol. The van der Waals surface area contributed by atoms with Gasteiger partial charge in [0.2, 0.25) is 0 Å². The third-order valence-corrected chi connectivity index (χ3v) is 6.18. The standard InChI is InChI=1S/C18H22N4O3S/c1-2-22(16-7-10-26(24,25)13-16)18(23)17-11-14(6-9-20-17)21-12-15-5-3-4-8-19-15/h3-6,8-9,11,16H,2,7,10,12-13H2,1H3,(H,20,21). The minimum Gasteiger partial charge on any atom is -0.379 e. The molecule has 0 spiro atoms. The predicted octanol–water partition coefficient (Wildman–Crippen LogP) is 1.74. The molecule has 1 N–H and O–H groups in total. The van der Waals surface area contributed by atoms with E-state index in [-0.39, 0.29) is 23.5 Å². The maximum atomic E-state index is 12.8. The smallest absolute Gasteiger partial charge is 0.272 e. The van der Waals surface area contributed by atoms with Crippen molar-refractivity contribution in [2.24, 2.45) is 0 Å². The van der Waals surface area contributed by atoms with Gasteiger partial charge < -0.3 is 10.2 Å². The zero-order valence-corrected chi connectivity index (χ0v) is 15.4. The molecule has 3 heterocycles. The van der Waals surface area contributed by atoms with Crippen molar-refractivity contribution >= 4 is 21.4 Å². The lowest BCUT2D eigenvalue weighted by Crippen LogP contribution is -2.41. The van der Waals surface area contributed by atoms with Crippen LogP contribution >= 0.6 is 0 Å². The molecular weight excluding hydrogens is 352 g/mol. The van der Waals surface area contributed by atoms with Crippen molar-refractivity contribution in [3.8, 4) is 0 Å². The summed E-state index contributed by atoms with van der Waals surface area (Å²) in [7, 11) is -3.05. The van der Waals surface area contributed by atoms with Gasteiger partial charge >= 0.3 is 0 Å². The molecule has 2 aromatic rings. The first-order valence-corrected chi connectivity index (χ1v) is 10.4. The van der Waals surface area contributed by atoms with Gasteiger partial charge in [0.05, 0.1) is 23.7 Å². The minimum atomic E-state index is -3.05. The van der Waals surface area contributed by atoms with Crippen molar-refractivity contribution in [2.45, 2.75) is 25.9 Å². The fourth-order valence-corrected chi connectivity index (χ4v) is 4.82. The Morgan fingerprint density at radius 1 is 1.27 bits per heavy atom. The number of hydrogen-bond acceptors (Lipinski definition) is 6. The van der Waals surface area contributed by atoms with Crippen LogP contribution in [0.3, 0.4) is 0 Å². The van der Waals surface area contributed by atoms with Crippen LogP contribution in [0.15, 0.2) is 42.7 Å². The quantitative estimate of drug-likeness (QED) is 0.828. The molecule has 2 aromatic heterocycles. The topological polar surface area (TPSA) is 92.3 Å². The molecule has 0 radical (unpaired) electrons. The van der Waals surface area contributed by atoms with E-state index >= 15 is 0 Å². The van der Waals surface area contributed by atoms with Crippen LogP contribution in [-0.4, -0.2) is 53.3 Å². The second-order valence-corrected chi connectivity index (χ2v) is 8.48. The van der Waals surface area contributed by atoms with E-state index in [2.05, 4.69) is 15.3 Å². The average Bonchev–Trinajstić information content (AvgIpc) is 3.01. The summed E-state index contributed by atoms with van der Waals surface area (Å²) in [5.74, 6) is -0.0684. The highest BCUT2D eigenvalue weighted by atomic mass is 32.2. The molecule has 0 aromatic carbocycles. The number of anilines is 1. The summed E-state index contributed by atoms with van der Waals surface area (Å²) in [4.78, 5) is 22.9. The lowest BCUT2D eigenvalue weighted by Gasteiger charge is -2.26. The molecule has 1 aliphatic rings. The molecule has 138 valence electrons. The number of carbonyl (C=O) groups is 1. The molecule has 8 heteroatoms. The summed E-state index contributed by atoms with van der Waals surface area (Å²) >= 11 is 0. The van der Waals surface area contributed by atoms with Gasteiger partial charge in [-0.1, -0.05) is 6.07 Å². The SMILES string of the molecule is CCN(C(=O)c1cc(NCc2ccccn2)ccn1)C1CCS(=O)(=O)C1. The number of rotatable bonds is 6. The van der Waals surface area contributed by atoms with Crippen molar-refractivity contribution in [2.75, 3.05) is 23.4 Å². The highest BCUT2D eigenvalue weighted by Crippen LogP contribution is 2.20. The summed E-state index contributed by atoms with van der Waals surface area (Å²) in [6.07, 6.45) is 3.79. The summed E-state index contributed by atoms with van der Waals surface area (Å²) < 4.78 is 23.4. The molecular formula is C18H22N4O3S. The van der Waals surface area contributed by atoms with Gasteiger partial charge in [-0.3, -0.25) is 14.8 Å². The largest absolute Gasteiger partial charge is 0.379 e. The molecule has 1 amide bonds. The Kier molecular flexibility index (Phi) is 5.51. The lowest BCUT2D eigenvalue weighted by atomic mass is 10.2. The summed E-state index contributed by atoms with van der Waals surface area (Å²) in [6.45, 7) is 2.84. The molecule has 7 nitrogen and oxygen atoms in total. The van der Waals surface area contributed by atoms with E-state index in [0.29, 0.717) is 25.2 Å². The van der Waals surface area contributed by atoms with Crippen LogP contribution in [0.4, 0.5) is 5.69 Å². The number of aromatic nitrogens is 2. The van der Waals surface area contributed by atoms with Crippen LogP contribution < -0.4 is 5.32 Å². The van der Waals surface area contributed by atoms with Gasteiger partial charge in [-0.15, -0.1) is 0 Å². The summed E-state index contributed by atoms with van der Waals surface area (Å²) in [5, 5.41) is 3.23. The molecule has 3 rings (SSSR count). The van der Waals surface area contributed by atoms with Crippen LogP contribution in [0.2, 0.25) is 0 Å². The van der Waals surface area contributed by atoms with E-state index in [1.807, 2.05) is 25.1 Å². The van der Waals surface area contributed by atoms with Crippen molar-refractivity contribution in [1.29, 1.82) is 0 Å². The second kappa shape index (κ2) is 7.82.